The van der Waals surface area contributed by atoms with E-state index in [2.05, 4.69) is 118 Å². The molecule has 0 saturated heterocycles. The molecule has 0 aromatic heterocycles. The van der Waals surface area contributed by atoms with Crippen LogP contribution in [0.2, 0.25) is 0 Å². The van der Waals surface area contributed by atoms with E-state index < -0.39 is 6.10 Å². The minimum atomic E-state index is -0.561. The Bertz CT molecular complexity index is 1200. The van der Waals surface area contributed by atoms with Crippen molar-refractivity contribution in [2.45, 2.75) is 232 Å². The van der Waals surface area contributed by atoms with Crippen LogP contribution in [0, 0.1) is 0 Å². The maximum absolute atomic E-state index is 12.8. The van der Waals surface area contributed by atoms with Gasteiger partial charge in [0.05, 0.1) is 6.61 Å². The zero-order valence-electron chi connectivity index (χ0n) is 40.6. The maximum Gasteiger partial charge on any atom is 0.306 e. The van der Waals surface area contributed by atoms with E-state index in [0.717, 1.165) is 116 Å². The second-order valence-electron chi connectivity index (χ2n) is 16.7. The Morgan fingerprint density at radius 3 is 1.16 bits per heavy atom. The lowest BCUT2D eigenvalue weighted by Crippen LogP contribution is -2.30. The molecule has 0 heterocycles. The quantitative estimate of drug-likeness (QED) is 0.0347. The van der Waals surface area contributed by atoms with Crippen molar-refractivity contribution < 1.29 is 23.8 Å². The first kappa shape index (κ1) is 58.8. The second kappa shape index (κ2) is 52.2. The summed E-state index contributed by atoms with van der Waals surface area (Å²) in [6, 6.07) is 0. The van der Waals surface area contributed by atoms with Gasteiger partial charge in [-0.2, -0.15) is 0 Å². The third kappa shape index (κ3) is 49.5. The molecule has 1 atom stereocenters. The normalized spacial score (nSPS) is 13.0. The van der Waals surface area contributed by atoms with E-state index in [4.69, 9.17) is 14.2 Å². The lowest BCUT2D eigenvalue weighted by Gasteiger charge is -2.18. The summed E-state index contributed by atoms with van der Waals surface area (Å²) >= 11 is 0. The maximum atomic E-state index is 12.8. The van der Waals surface area contributed by atoms with Crippen LogP contribution in [0.3, 0.4) is 0 Å². The van der Waals surface area contributed by atoms with E-state index in [1.165, 1.54) is 77.0 Å². The number of rotatable bonds is 46. The van der Waals surface area contributed by atoms with E-state index >= 15 is 0 Å². The number of carbonyl (C=O) groups is 2. The summed E-state index contributed by atoms with van der Waals surface area (Å²) in [6.45, 7) is 7.51. The average molecular weight is 861 g/mol. The van der Waals surface area contributed by atoms with Crippen molar-refractivity contribution >= 4 is 11.9 Å². The van der Waals surface area contributed by atoms with Gasteiger partial charge in [0.1, 0.15) is 6.61 Å². The number of carbonyl (C=O) groups excluding carboxylic acids is 2. The smallest absolute Gasteiger partial charge is 0.306 e. The molecular formula is C57H96O5. The van der Waals surface area contributed by atoms with Crippen LogP contribution in [-0.2, 0) is 23.8 Å². The Balaban J connectivity index is 4.32. The van der Waals surface area contributed by atoms with E-state index in [1.54, 1.807) is 0 Å². The highest BCUT2D eigenvalue weighted by atomic mass is 16.6. The highest BCUT2D eigenvalue weighted by molar-refractivity contribution is 5.70. The van der Waals surface area contributed by atoms with E-state index in [9.17, 15) is 9.59 Å². The van der Waals surface area contributed by atoms with Crippen molar-refractivity contribution in [3.8, 4) is 0 Å². The van der Waals surface area contributed by atoms with Crippen LogP contribution in [0.25, 0.3) is 0 Å². The predicted molar refractivity (Wildman–Crippen MR) is 270 cm³/mol. The van der Waals surface area contributed by atoms with Gasteiger partial charge in [-0.05, 0) is 96.3 Å². The number of allylic oxidation sites excluding steroid dienone is 16. The molecule has 0 fully saturated rings. The van der Waals surface area contributed by atoms with Gasteiger partial charge in [0.2, 0.25) is 0 Å². The summed E-state index contributed by atoms with van der Waals surface area (Å²) in [6.07, 6.45) is 69.9. The monoisotopic (exact) mass is 861 g/mol. The molecule has 0 rings (SSSR count). The average Bonchev–Trinajstić information content (AvgIpc) is 3.27. The number of hydrogen-bond donors (Lipinski definition) is 0. The second-order valence-corrected chi connectivity index (χ2v) is 16.7. The standard InChI is InChI=1S/C57H96O5/c1-4-7-10-13-16-19-22-24-26-28-29-30-31-33-36-38-41-44-47-50-56(58)61-54-55(62-57(59)51-48-45-42-39-35-21-18-15-12-9-6-3)53-60-52-49-46-43-40-37-34-32-27-25-23-20-17-14-11-8-5-2/h7-8,10-11,16-17,19-20,24-27,29-30,34,37,55H,4-6,9,12-15,18,21-23,28,31-33,35-36,38-54H2,1-3H3/b10-7-,11-8-,19-16-,20-17-,26-24-,27-25-,30-29-,37-34-. The molecule has 0 aliphatic heterocycles. The molecule has 5 heteroatoms. The third-order valence-corrected chi connectivity index (χ3v) is 10.6. The van der Waals surface area contributed by atoms with Crippen LogP contribution in [0.1, 0.15) is 226 Å². The summed E-state index contributed by atoms with van der Waals surface area (Å²) in [5.41, 5.74) is 0. The summed E-state index contributed by atoms with van der Waals surface area (Å²) in [7, 11) is 0. The van der Waals surface area contributed by atoms with Crippen LogP contribution in [-0.4, -0.2) is 37.9 Å². The zero-order valence-corrected chi connectivity index (χ0v) is 40.6. The van der Waals surface area contributed by atoms with Gasteiger partial charge in [-0.25, -0.2) is 0 Å². The van der Waals surface area contributed by atoms with Gasteiger partial charge in [0, 0.05) is 19.4 Å². The molecular weight excluding hydrogens is 765 g/mol. The Morgan fingerprint density at radius 1 is 0.371 bits per heavy atom. The van der Waals surface area contributed by atoms with Crippen LogP contribution in [0.4, 0.5) is 0 Å². The van der Waals surface area contributed by atoms with E-state index in [1.807, 2.05) is 0 Å². The Morgan fingerprint density at radius 2 is 0.726 bits per heavy atom. The highest BCUT2D eigenvalue weighted by Gasteiger charge is 2.17. The van der Waals surface area contributed by atoms with Crippen LogP contribution in [0.15, 0.2) is 97.2 Å². The van der Waals surface area contributed by atoms with Crippen molar-refractivity contribution in [1.29, 1.82) is 0 Å². The van der Waals surface area contributed by atoms with Crippen molar-refractivity contribution in [3.05, 3.63) is 97.2 Å². The SMILES string of the molecule is CC/C=C\C/C=C\C/C=C\C/C=C\CCCCCCCCC(=O)OCC(COCCCCC/C=C\C/C=C\C/C=C\C/C=C\CC)OC(=O)CCCCCCCCCCCCC. The molecule has 0 amide bonds. The molecule has 0 spiro atoms. The van der Waals surface area contributed by atoms with Crippen LogP contribution in [0.5, 0.6) is 0 Å². The van der Waals surface area contributed by atoms with Gasteiger partial charge in [-0.1, -0.05) is 214 Å². The Kier molecular flexibility index (Phi) is 49.5. The summed E-state index contributed by atoms with van der Waals surface area (Å²) in [4.78, 5) is 25.4. The van der Waals surface area contributed by atoms with Crippen molar-refractivity contribution in [3.63, 3.8) is 0 Å². The van der Waals surface area contributed by atoms with Crippen LogP contribution < -0.4 is 0 Å². The molecule has 0 aromatic rings. The fourth-order valence-electron chi connectivity index (χ4n) is 6.84. The minimum Gasteiger partial charge on any atom is -0.462 e. The van der Waals surface area contributed by atoms with Gasteiger partial charge in [-0.3, -0.25) is 9.59 Å². The largest absolute Gasteiger partial charge is 0.462 e. The lowest BCUT2D eigenvalue weighted by molar-refractivity contribution is -0.163. The van der Waals surface area contributed by atoms with Gasteiger partial charge < -0.3 is 14.2 Å². The molecule has 0 aliphatic rings. The fourth-order valence-corrected chi connectivity index (χ4v) is 6.84. The molecule has 0 saturated carbocycles. The minimum absolute atomic E-state index is 0.0615. The lowest BCUT2D eigenvalue weighted by atomic mass is 10.1. The van der Waals surface area contributed by atoms with Crippen molar-refractivity contribution in [2.75, 3.05) is 19.8 Å². The Labute approximate surface area is 383 Å². The van der Waals surface area contributed by atoms with Crippen molar-refractivity contribution in [1.82, 2.24) is 0 Å². The topological polar surface area (TPSA) is 61.8 Å². The van der Waals surface area contributed by atoms with E-state index in [-0.39, 0.29) is 25.2 Å². The number of hydrogen-bond acceptors (Lipinski definition) is 5. The first-order chi connectivity index (χ1) is 30.6. The molecule has 5 nitrogen and oxygen atoms in total. The summed E-state index contributed by atoms with van der Waals surface area (Å²) < 4.78 is 17.4. The highest BCUT2D eigenvalue weighted by Crippen LogP contribution is 2.14. The predicted octanol–water partition coefficient (Wildman–Crippen LogP) is 17.5. The molecule has 0 aliphatic carbocycles. The zero-order chi connectivity index (χ0) is 44.9. The molecule has 0 radical (unpaired) electrons. The summed E-state index contributed by atoms with van der Waals surface area (Å²) in [5.74, 6) is -0.433. The number of esters is 2. The van der Waals surface area contributed by atoms with E-state index in [0.29, 0.717) is 19.4 Å². The molecule has 0 aromatic carbocycles. The van der Waals surface area contributed by atoms with Gasteiger partial charge in [-0.15, -0.1) is 0 Å². The van der Waals surface area contributed by atoms with Gasteiger partial charge in [0.25, 0.3) is 0 Å². The van der Waals surface area contributed by atoms with Gasteiger partial charge >= 0.3 is 11.9 Å². The molecule has 62 heavy (non-hydrogen) atoms. The fraction of sp³-hybridized carbons (Fsp3) is 0.684. The third-order valence-electron chi connectivity index (χ3n) is 10.6. The van der Waals surface area contributed by atoms with Crippen molar-refractivity contribution in [2.24, 2.45) is 0 Å². The van der Waals surface area contributed by atoms with Gasteiger partial charge in [0.15, 0.2) is 6.10 Å². The van der Waals surface area contributed by atoms with Crippen LogP contribution >= 0.6 is 0 Å². The molecule has 354 valence electrons. The number of unbranched alkanes of at least 4 members (excludes halogenated alkanes) is 19. The molecule has 0 bridgehead atoms. The molecule has 1 unspecified atom stereocenters. The number of ether oxygens (including phenoxy) is 3. The Hall–Kier alpha value is -3.18. The summed E-state index contributed by atoms with van der Waals surface area (Å²) in [5, 5.41) is 0. The first-order valence-electron chi connectivity index (χ1n) is 25.8. The molecule has 0 N–H and O–H groups in total. The first-order valence-corrected chi connectivity index (χ1v) is 25.8.